The monoisotopic (exact) mass is 348 g/mol. The van der Waals surface area contributed by atoms with E-state index in [1.165, 1.54) is 16.5 Å². The van der Waals surface area contributed by atoms with Crippen molar-refractivity contribution in [3.8, 4) is 5.75 Å². The lowest BCUT2D eigenvalue weighted by molar-refractivity contribution is 0.414. The lowest BCUT2D eigenvalue weighted by Crippen LogP contribution is -2.31. The van der Waals surface area contributed by atoms with Gasteiger partial charge in [0.2, 0.25) is 8.32 Å². The molecule has 5 heteroatoms. The van der Waals surface area contributed by atoms with Gasteiger partial charge in [0.15, 0.2) is 8.24 Å². The molecule has 0 aliphatic rings. The Morgan fingerprint density at radius 2 is 1.70 bits per heavy atom. The van der Waals surface area contributed by atoms with E-state index in [0.29, 0.717) is 0 Å². The standard InChI is InChI=1S/C18H32N2OSi2/c1-19(2)12-11-15-14-20(22(3,4)5)18-10-9-16(13-17(15)18)21-23(6,7)8/h9-10,13-14H,11-12H2,1-8H3. The molecule has 0 spiro atoms. The third-order valence-corrected chi connectivity index (χ3v) is 6.50. The van der Waals surface area contributed by atoms with Crippen LogP contribution in [0.15, 0.2) is 24.4 Å². The van der Waals surface area contributed by atoms with Crippen molar-refractivity contribution in [3.05, 3.63) is 30.0 Å². The molecule has 0 N–H and O–H groups in total. The number of nitrogens with zero attached hydrogens (tertiary/aromatic N) is 2. The average Bonchev–Trinajstić information content (AvgIpc) is 2.72. The van der Waals surface area contributed by atoms with Gasteiger partial charge < -0.3 is 13.6 Å². The van der Waals surface area contributed by atoms with Gasteiger partial charge in [-0.25, -0.2) is 0 Å². The van der Waals surface area contributed by atoms with Gasteiger partial charge in [0.05, 0.1) is 0 Å². The Morgan fingerprint density at radius 3 is 2.22 bits per heavy atom. The topological polar surface area (TPSA) is 17.4 Å². The van der Waals surface area contributed by atoms with Gasteiger partial charge in [-0.1, -0.05) is 19.6 Å². The second kappa shape index (κ2) is 6.45. The molecule has 0 amide bonds. The predicted octanol–water partition coefficient (Wildman–Crippen LogP) is 4.64. The molecule has 1 aromatic heterocycles. The lowest BCUT2D eigenvalue weighted by Gasteiger charge is -2.21. The Morgan fingerprint density at radius 1 is 1.04 bits per heavy atom. The molecule has 128 valence electrons. The Balaban J connectivity index is 2.51. The van der Waals surface area contributed by atoms with Gasteiger partial charge in [0.1, 0.15) is 5.75 Å². The van der Waals surface area contributed by atoms with Crippen LogP contribution in [0.25, 0.3) is 10.9 Å². The van der Waals surface area contributed by atoms with Gasteiger partial charge in [-0.15, -0.1) is 0 Å². The van der Waals surface area contributed by atoms with Crippen LogP contribution in [0.1, 0.15) is 5.56 Å². The normalized spacial score (nSPS) is 13.1. The van der Waals surface area contributed by atoms with Crippen LogP contribution in [0.3, 0.4) is 0 Å². The van der Waals surface area contributed by atoms with Crippen LogP contribution in [0.2, 0.25) is 39.3 Å². The Labute approximate surface area is 143 Å². The Kier molecular flexibility index (Phi) is 5.13. The molecule has 1 aromatic carbocycles. The molecule has 1 heterocycles. The van der Waals surface area contributed by atoms with E-state index in [1.807, 2.05) is 0 Å². The molecule has 0 saturated heterocycles. The minimum absolute atomic E-state index is 1.02. The zero-order valence-electron chi connectivity index (χ0n) is 16.0. The summed E-state index contributed by atoms with van der Waals surface area (Å²) in [4.78, 5) is 2.25. The number of fused-ring (bicyclic) bond motifs is 1. The van der Waals surface area contributed by atoms with Gasteiger partial charge in [-0.2, -0.15) is 0 Å². The third-order valence-electron chi connectivity index (χ3n) is 3.83. The van der Waals surface area contributed by atoms with Crippen molar-refractivity contribution in [2.24, 2.45) is 0 Å². The molecule has 0 aliphatic carbocycles. The van der Waals surface area contributed by atoms with Crippen molar-refractivity contribution in [2.45, 2.75) is 45.7 Å². The molecular weight excluding hydrogens is 316 g/mol. The summed E-state index contributed by atoms with van der Waals surface area (Å²) in [7, 11) is 1.27. The first kappa shape index (κ1) is 18.3. The van der Waals surface area contributed by atoms with E-state index >= 15 is 0 Å². The lowest BCUT2D eigenvalue weighted by atomic mass is 10.1. The molecule has 2 rings (SSSR count). The summed E-state index contributed by atoms with van der Waals surface area (Å²) in [6.45, 7) is 15.0. The summed E-state index contributed by atoms with van der Waals surface area (Å²) >= 11 is 0. The van der Waals surface area contributed by atoms with Crippen LogP contribution in [0.4, 0.5) is 0 Å². The first-order chi connectivity index (χ1) is 10.5. The number of hydrogen-bond acceptors (Lipinski definition) is 2. The maximum atomic E-state index is 6.22. The summed E-state index contributed by atoms with van der Waals surface area (Å²) in [5.74, 6) is 1.02. The Hall–Kier alpha value is -1.05. The van der Waals surface area contributed by atoms with Crippen molar-refractivity contribution in [1.29, 1.82) is 0 Å². The molecule has 0 aliphatic heterocycles. The van der Waals surface area contributed by atoms with Crippen LogP contribution < -0.4 is 4.43 Å². The molecule has 23 heavy (non-hydrogen) atoms. The van der Waals surface area contributed by atoms with Crippen molar-refractivity contribution < 1.29 is 4.43 Å². The highest BCUT2D eigenvalue weighted by molar-refractivity contribution is 6.75. The summed E-state index contributed by atoms with van der Waals surface area (Å²) < 4.78 is 8.75. The summed E-state index contributed by atoms with van der Waals surface area (Å²) in [5.41, 5.74) is 2.80. The number of aromatic nitrogens is 1. The largest absolute Gasteiger partial charge is 0.544 e. The van der Waals surface area contributed by atoms with Gasteiger partial charge >= 0.3 is 0 Å². The predicted molar refractivity (Wildman–Crippen MR) is 107 cm³/mol. The van der Waals surface area contributed by atoms with E-state index in [0.717, 1.165) is 18.7 Å². The second-order valence-corrected chi connectivity index (χ2v) is 17.9. The van der Waals surface area contributed by atoms with E-state index in [1.54, 1.807) is 0 Å². The molecule has 0 fully saturated rings. The number of likely N-dealkylation sites (N-methyl/N-ethyl adjacent to an activating group) is 1. The molecule has 0 bridgehead atoms. The summed E-state index contributed by atoms with van der Waals surface area (Å²) in [6.07, 6.45) is 3.47. The minimum Gasteiger partial charge on any atom is -0.544 e. The van der Waals surface area contributed by atoms with E-state index in [9.17, 15) is 0 Å². The molecule has 2 aromatic rings. The summed E-state index contributed by atoms with van der Waals surface area (Å²) in [6, 6.07) is 6.66. The fraction of sp³-hybridized carbons (Fsp3) is 0.556. The molecule has 0 atom stereocenters. The van der Waals surface area contributed by atoms with E-state index in [4.69, 9.17) is 4.43 Å². The number of hydrogen-bond donors (Lipinski definition) is 0. The Bertz CT molecular complexity index is 679. The van der Waals surface area contributed by atoms with Crippen LogP contribution in [0.5, 0.6) is 5.75 Å². The van der Waals surface area contributed by atoms with E-state index < -0.39 is 16.6 Å². The molecule has 0 unspecified atom stereocenters. The van der Waals surface area contributed by atoms with Crippen LogP contribution >= 0.6 is 0 Å². The van der Waals surface area contributed by atoms with Gasteiger partial charge in [-0.3, -0.25) is 0 Å². The molecular formula is C18H32N2OSi2. The van der Waals surface area contributed by atoms with Gasteiger partial charge in [0.25, 0.3) is 0 Å². The zero-order valence-corrected chi connectivity index (χ0v) is 18.0. The number of rotatable bonds is 6. The fourth-order valence-corrected chi connectivity index (χ4v) is 5.09. The highest BCUT2D eigenvalue weighted by Gasteiger charge is 2.22. The van der Waals surface area contributed by atoms with Crippen molar-refractivity contribution >= 4 is 27.5 Å². The highest BCUT2D eigenvalue weighted by Crippen LogP contribution is 2.30. The van der Waals surface area contributed by atoms with E-state index in [2.05, 4.69) is 86.9 Å². The minimum atomic E-state index is -1.58. The van der Waals surface area contributed by atoms with Crippen LogP contribution in [-0.4, -0.2) is 46.3 Å². The number of benzene rings is 1. The summed E-state index contributed by atoms with van der Waals surface area (Å²) in [5, 5.41) is 1.37. The van der Waals surface area contributed by atoms with Gasteiger partial charge in [0, 0.05) is 17.4 Å². The fourth-order valence-electron chi connectivity index (χ4n) is 2.79. The zero-order chi connectivity index (χ0) is 17.4. The SMILES string of the molecule is CN(C)CCc1cn([Si](C)(C)C)c2ccc(O[Si](C)(C)C)cc12. The average molecular weight is 349 g/mol. The molecule has 3 nitrogen and oxygen atoms in total. The van der Waals surface area contributed by atoms with Crippen molar-refractivity contribution in [3.63, 3.8) is 0 Å². The van der Waals surface area contributed by atoms with Crippen LogP contribution in [0, 0.1) is 0 Å². The smallest absolute Gasteiger partial charge is 0.242 e. The molecule has 0 radical (unpaired) electrons. The first-order valence-electron chi connectivity index (χ1n) is 8.45. The van der Waals surface area contributed by atoms with Gasteiger partial charge in [-0.05, 0) is 70.1 Å². The van der Waals surface area contributed by atoms with Crippen LogP contribution in [-0.2, 0) is 6.42 Å². The maximum Gasteiger partial charge on any atom is 0.242 e. The quantitative estimate of drug-likeness (QED) is 0.707. The highest BCUT2D eigenvalue weighted by atomic mass is 28.4. The van der Waals surface area contributed by atoms with Crippen molar-refractivity contribution in [2.75, 3.05) is 20.6 Å². The second-order valence-electron chi connectivity index (χ2n) is 8.64. The molecule has 0 saturated carbocycles. The van der Waals surface area contributed by atoms with E-state index in [-0.39, 0.29) is 0 Å². The first-order valence-corrected chi connectivity index (χ1v) is 15.3. The maximum absolute atomic E-state index is 6.22. The van der Waals surface area contributed by atoms with Crippen molar-refractivity contribution in [1.82, 2.24) is 9.13 Å². The third kappa shape index (κ3) is 4.72.